The van der Waals surface area contributed by atoms with E-state index in [0.29, 0.717) is 12.3 Å². The minimum Gasteiger partial charge on any atom is -0.497 e. The maximum Gasteiger partial charge on any atom is 0.264 e. The molecular weight excluding hydrogens is 573 g/mol. The fourth-order valence-electron chi connectivity index (χ4n) is 3.96. The third-order valence-electron chi connectivity index (χ3n) is 6.30. The molecule has 0 radical (unpaired) electrons. The smallest absolute Gasteiger partial charge is 0.264 e. The summed E-state index contributed by atoms with van der Waals surface area (Å²) in [6.45, 7) is 3.55. The monoisotopic (exact) mass is 605 g/mol. The van der Waals surface area contributed by atoms with E-state index < -0.39 is 28.5 Å². The van der Waals surface area contributed by atoms with Gasteiger partial charge >= 0.3 is 0 Å². The van der Waals surface area contributed by atoms with Gasteiger partial charge in [0.1, 0.15) is 18.3 Å². The van der Waals surface area contributed by atoms with Gasteiger partial charge in [0.15, 0.2) is 0 Å². The van der Waals surface area contributed by atoms with Crippen molar-refractivity contribution >= 4 is 50.7 Å². The Labute approximate surface area is 245 Å². The van der Waals surface area contributed by atoms with Crippen LogP contribution in [0.25, 0.3) is 0 Å². The van der Waals surface area contributed by atoms with Crippen molar-refractivity contribution in [2.24, 2.45) is 0 Å². The fraction of sp³-hybridized carbons (Fsp3) is 0.310. The summed E-state index contributed by atoms with van der Waals surface area (Å²) < 4.78 is 33.8. The highest BCUT2D eigenvalue weighted by Gasteiger charge is 2.33. The van der Waals surface area contributed by atoms with E-state index in [2.05, 4.69) is 5.32 Å². The minimum atomic E-state index is -4.24. The van der Waals surface area contributed by atoms with E-state index in [1.165, 1.54) is 35.2 Å². The summed E-state index contributed by atoms with van der Waals surface area (Å²) in [7, 11) is -2.69. The number of nitrogens with zero attached hydrogens (tertiary/aromatic N) is 2. The van der Waals surface area contributed by atoms with Gasteiger partial charge in [-0.05, 0) is 61.4 Å². The Kier molecular flexibility index (Phi) is 11.2. The van der Waals surface area contributed by atoms with Gasteiger partial charge < -0.3 is 15.0 Å². The van der Waals surface area contributed by atoms with Crippen molar-refractivity contribution in [1.29, 1.82) is 0 Å². The number of methoxy groups -OCH3 is 1. The third kappa shape index (κ3) is 7.90. The van der Waals surface area contributed by atoms with Gasteiger partial charge in [-0.15, -0.1) is 0 Å². The van der Waals surface area contributed by atoms with Crippen molar-refractivity contribution in [3.8, 4) is 5.75 Å². The van der Waals surface area contributed by atoms with Crippen LogP contribution in [0.5, 0.6) is 5.75 Å². The highest BCUT2D eigenvalue weighted by molar-refractivity contribution is 7.92. The molecule has 1 N–H and O–H groups in total. The molecule has 2 amide bonds. The summed E-state index contributed by atoms with van der Waals surface area (Å²) in [6.07, 6.45) is 1.69. The summed E-state index contributed by atoms with van der Waals surface area (Å²) in [6, 6.07) is 18.3. The van der Waals surface area contributed by atoms with E-state index in [4.69, 9.17) is 27.9 Å². The maximum absolute atomic E-state index is 13.9. The highest BCUT2D eigenvalue weighted by Crippen LogP contribution is 2.33. The second-order valence-corrected chi connectivity index (χ2v) is 11.8. The lowest BCUT2D eigenvalue weighted by Gasteiger charge is -2.32. The molecule has 3 aromatic rings. The average Bonchev–Trinajstić information content (AvgIpc) is 2.96. The highest BCUT2D eigenvalue weighted by atomic mass is 35.5. The molecule has 0 aliphatic heterocycles. The predicted octanol–water partition coefficient (Wildman–Crippen LogP) is 5.53. The number of sulfonamides is 1. The standard InChI is InChI=1S/C29H33Cl2N3O5S/c1-4-5-17-32-29(36)21(2)33(19-22-11-14-24(39-3)15-12-22)28(35)20-34(27-18-23(30)13-16-26(27)31)40(37,38)25-9-7-6-8-10-25/h6-16,18,21H,4-5,17,19-20H2,1-3H3,(H,32,36). The molecular formula is C29H33Cl2N3O5S. The number of benzene rings is 3. The van der Waals surface area contributed by atoms with Gasteiger partial charge in [-0.3, -0.25) is 13.9 Å². The summed E-state index contributed by atoms with van der Waals surface area (Å²) >= 11 is 12.6. The van der Waals surface area contributed by atoms with Gasteiger partial charge in [-0.2, -0.15) is 0 Å². The number of hydrogen-bond donors (Lipinski definition) is 1. The van der Waals surface area contributed by atoms with Gasteiger partial charge in [-0.25, -0.2) is 8.42 Å². The van der Waals surface area contributed by atoms with Crippen LogP contribution in [0.3, 0.4) is 0 Å². The molecule has 3 aromatic carbocycles. The molecule has 0 aliphatic carbocycles. The first-order valence-corrected chi connectivity index (χ1v) is 15.0. The van der Waals surface area contributed by atoms with E-state index >= 15 is 0 Å². The SMILES string of the molecule is CCCCNC(=O)C(C)N(Cc1ccc(OC)cc1)C(=O)CN(c1cc(Cl)ccc1Cl)S(=O)(=O)c1ccccc1. The van der Waals surface area contributed by atoms with Crippen molar-refractivity contribution in [2.75, 3.05) is 24.5 Å². The normalized spacial score (nSPS) is 11.9. The number of amides is 2. The van der Waals surface area contributed by atoms with Crippen LogP contribution >= 0.6 is 23.2 Å². The van der Waals surface area contributed by atoms with Gasteiger partial charge in [-0.1, -0.05) is 66.9 Å². The van der Waals surface area contributed by atoms with Crippen molar-refractivity contribution in [1.82, 2.24) is 10.2 Å². The van der Waals surface area contributed by atoms with Crippen molar-refractivity contribution in [3.63, 3.8) is 0 Å². The second-order valence-electron chi connectivity index (χ2n) is 9.11. The summed E-state index contributed by atoms with van der Waals surface area (Å²) in [5, 5.41) is 3.21. The number of anilines is 1. The average molecular weight is 607 g/mol. The Bertz CT molecular complexity index is 1400. The Morgan fingerprint density at radius 3 is 2.30 bits per heavy atom. The predicted molar refractivity (Wildman–Crippen MR) is 158 cm³/mol. The van der Waals surface area contributed by atoms with Gasteiger partial charge in [0.2, 0.25) is 11.8 Å². The minimum absolute atomic E-state index is 0.0223. The first kappa shape index (κ1) is 31.3. The van der Waals surface area contributed by atoms with E-state index in [-0.39, 0.29) is 33.1 Å². The third-order valence-corrected chi connectivity index (χ3v) is 8.62. The lowest BCUT2D eigenvalue weighted by atomic mass is 10.1. The van der Waals surface area contributed by atoms with Crippen LogP contribution in [0.2, 0.25) is 10.0 Å². The first-order chi connectivity index (χ1) is 19.1. The van der Waals surface area contributed by atoms with E-state index in [9.17, 15) is 18.0 Å². The Hall–Kier alpha value is -3.27. The Morgan fingerprint density at radius 1 is 1.00 bits per heavy atom. The number of ether oxygens (including phenoxy) is 1. The molecule has 1 unspecified atom stereocenters. The molecule has 0 spiro atoms. The van der Waals surface area contributed by atoms with Crippen LogP contribution < -0.4 is 14.4 Å². The zero-order chi connectivity index (χ0) is 29.3. The summed E-state index contributed by atoms with van der Waals surface area (Å²) in [4.78, 5) is 28.3. The summed E-state index contributed by atoms with van der Waals surface area (Å²) in [5.74, 6) is -0.291. The number of rotatable bonds is 13. The van der Waals surface area contributed by atoms with Gasteiger partial charge in [0.25, 0.3) is 10.0 Å². The van der Waals surface area contributed by atoms with E-state index in [0.717, 1.165) is 22.7 Å². The number of halogens is 2. The summed E-state index contributed by atoms with van der Waals surface area (Å²) in [5.41, 5.74) is 0.788. The van der Waals surface area contributed by atoms with Crippen molar-refractivity contribution in [3.05, 3.63) is 88.4 Å². The number of carbonyl (C=O) groups excluding carboxylic acids is 2. The molecule has 0 saturated carbocycles. The molecule has 0 fully saturated rings. The fourth-order valence-corrected chi connectivity index (χ4v) is 5.84. The maximum atomic E-state index is 13.9. The second kappa shape index (κ2) is 14.4. The van der Waals surface area contributed by atoms with Crippen LogP contribution in [0, 0.1) is 0 Å². The quantitative estimate of drug-likeness (QED) is 0.258. The molecule has 214 valence electrons. The number of unbranched alkanes of at least 4 members (excludes halogenated alkanes) is 1. The molecule has 8 nitrogen and oxygen atoms in total. The zero-order valence-corrected chi connectivity index (χ0v) is 25.0. The van der Waals surface area contributed by atoms with Crippen LogP contribution in [0.15, 0.2) is 77.7 Å². The lowest BCUT2D eigenvalue weighted by molar-refractivity contribution is -0.139. The van der Waals surface area contributed by atoms with Crippen molar-refractivity contribution in [2.45, 2.75) is 44.2 Å². The van der Waals surface area contributed by atoms with Crippen LogP contribution in [-0.2, 0) is 26.2 Å². The van der Waals surface area contributed by atoms with Gasteiger partial charge in [0.05, 0.1) is 22.7 Å². The van der Waals surface area contributed by atoms with Crippen molar-refractivity contribution < 1.29 is 22.7 Å². The van der Waals surface area contributed by atoms with E-state index in [1.807, 2.05) is 6.92 Å². The van der Waals surface area contributed by atoms with Crippen LogP contribution in [0.1, 0.15) is 32.3 Å². The Balaban J connectivity index is 2.02. The molecule has 0 aliphatic rings. The molecule has 0 heterocycles. The molecule has 11 heteroatoms. The molecule has 0 bridgehead atoms. The van der Waals surface area contributed by atoms with E-state index in [1.54, 1.807) is 56.5 Å². The number of nitrogens with one attached hydrogen (secondary N) is 1. The molecule has 1 atom stereocenters. The number of carbonyl (C=O) groups is 2. The number of hydrogen-bond acceptors (Lipinski definition) is 5. The van der Waals surface area contributed by atoms with Crippen LogP contribution in [-0.4, -0.2) is 51.4 Å². The van der Waals surface area contributed by atoms with Crippen LogP contribution in [0.4, 0.5) is 5.69 Å². The van der Waals surface area contributed by atoms with Gasteiger partial charge in [0, 0.05) is 18.1 Å². The zero-order valence-electron chi connectivity index (χ0n) is 22.6. The molecule has 3 rings (SSSR count). The molecule has 0 saturated heterocycles. The largest absolute Gasteiger partial charge is 0.497 e. The Morgan fingerprint density at radius 2 is 1.68 bits per heavy atom. The molecule has 40 heavy (non-hydrogen) atoms. The lowest BCUT2D eigenvalue weighted by Crippen LogP contribution is -2.51. The topological polar surface area (TPSA) is 96.0 Å². The first-order valence-electron chi connectivity index (χ1n) is 12.8. The molecule has 0 aromatic heterocycles.